The number of furan rings is 1. The lowest BCUT2D eigenvalue weighted by Crippen LogP contribution is -2.32. The number of nitrogens with two attached hydrogens (primary N) is 1. The Hall–Kier alpha value is -2.74. The highest BCUT2D eigenvalue weighted by molar-refractivity contribution is 5.77. The fraction of sp³-hybridized carbons (Fsp3) is 0.474. The SMILES string of the molecule is Cc1ccc([C@H]2CN(C(=O)CCc3c(C)nc4ncnn4c3C)C[C@@H]2N)o1. The van der Waals surface area contributed by atoms with E-state index in [0.717, 1.165) is 28.5 Å². The predicted octanol–water partition coefficient (Wildman–Crippen LogP) is 1.53. The van der Waals surface area contributed by atoms with Gasteiger partial charge in [-0.1, -0.05) is 0 Å². The largest absolute Gasteiger partial charge is 0.466 e. The maximum atomic E-state index is 12.8. The van der Waals surface area contributed by atoms with Gasteiger partial charge in [-0.25, -0.2) is 9.50 Å². The van der Waals surface area contributed by atoms with E-state index in [4.69, 9.17) is 10.2 Å². The second-order valence-corrected chi connectivity index (χ2v) is 7.25. The first-order valence-electron chi connectivity index (χ1n) is 9.19. The molecule has 0 saturated carbocycles. The summed E-state index contributed by atoms with van der Waals surface area (Å²) in [7, 11) is 0. The Morgan fingerprint density at radius 2 is 2.11 bits per heavy atom. The molecule has 0 bridgehead atoms. The maximum Gasteiger partial charge on any atom is 0.252 e. The number of aromatic nitrogens is 4. The normalized spacial score (nSPS) is 19.9. The van der Waals surface area contributed by atoms with E-state index in [0.29, 0.717) is 31.7 Å². The minimum Gasteiger partial charge on any atom is -0.466 e. The zero-order valence-electron chi connectivity index (χ0n) is 15.8. The first-order chi connectivity index (χ1) is 12.9. The van der Waals surface area contributed by atoms with Crippen LogP contribution in [0.5, 0.6) is 0 Å². The molecular weight excluding hydrogens is 344 g/mol. The number of nitrogens with zero attached hydrogens (tertiary/aromatic N) is 5. The van der Waals surface area contributed by atoms with Crippen LogP contribution in [0, 0.1) is 20.8 Å². The highest BCUT2D eigenvalue weighted by Gasteiger charge is 2.35. The zero-order valence-corrected chi connectivity index (χ0v) is 15.8. The molecule has 1 fully saturated rings. The summed E-state index contributed by atoms with van der Waals surface area (Å²) < 4.78 is 7.43. The third-order valence-corrected chi connectivity index (χ3v) is 5.42. The van der Waals surface area contributed by atoms with E-state index in [-0.39, 0.29) is 17.9 Å². The Kier molecular flexibility index (Phi) is 4.43. The Labute approximate surface area is 157 Å². The van der Waals surface area contributed by atoms with Gasteiger partial charge < -0.3 is 15.1 Å². The number of likely N-dealkylation sites (tertiary alicyclic amines) is 1. The van der Waals surface area contributed by atoms with Crippen molar-refractivity contribution in [1.82, 2.24) is 24.5 Å². The van der Waals surface area contributed by atoms with Crippen LogP contribution in [0.1, 0.15) is 40.8 Å². The summed E-state index contributed by atoms with van der Waals surface area (Å²) in [4.78, 5) is 23.2. The topological polar surface area (TPSA) is 103 Å². The van der Waals surface area contributed by atoms with Gasteiger partial charge in [0.1, 0.15) is 17.8 Å². The summed E-state index contributed by atoms with van der Waals surface area (Å²) in [6.45, 7) is 7.00. The summed E-state index contributed by atoms with van der Waals surface area (Å²) in [6.07, 6.45) is 2.53. The molecule has 3 aromatic rings. The number of amides is 1. The Morgan fingerprint density at radius 1 is 1.30 bits per heavy atom. The van der Waals surface area contributed by atoms with E-state index in [9.17, 15) is 4.79 Å². The summed E-state index contributed by atoms with van der Waals surface area (Å²) in [6, 6.07) is 3.79. The molecule has 0 aliphatic carbocycles. The van der Waals surface area contributed by atoms with Gasteiger partial charge in [0.2, 0.25) is 5.91 Å². The van der Waals surface area contributed by atoms with Crippen molar-refractivity contribution < 1.29 is 9.21 Å². The quantitative estimate of drug-likeness (QED) is 0.749. The average Bonchev–Trinajstić information content (AvgIpc) is 3.34. The Balaban J connectivity index is 1.44. The molecule has 8 heteroatoms. The monoisotopic (exact) mass is 368 g/mol. The molecule has 8 nitrogen and oxygen atoms in total. The van der Waals surface area contributed by atoms with Crippen molar-refractivity contribution >= 4 is 11.7 Å². The molecule has 1 saturated heterocycles. The van der Waals surface area contributed by atoms with Crippen LogP contribution in [0.4, 0.5) is 0 Å². The predicted molar refractivity (Wildman–Crippen MR) is 99.3 cm³/mol. The van der Waals surface area contributed by atoms with Crippen LogP contribution >= 0.6 is 0 Å². The van der Waals surface area contributed by atoms with Gasteiger partial charge in [0.25, 0.3) is 5.78 Å². The summed E-state index contributed by atoms with van der Waals surface area (Å²) >= 11 is 0. The average molecular weight is 368 g/mol. The molecule has 142 valence electrons. The Bertz CT molecular complexity index is 991. The third kappa shape index (κ3) is 3.21. The van der Waals surface area contributed by atoms with Gasteiger partial charge in [0.05, 0.1) is 5.92 Å². The second-order valence-electron chi connectivity index (χ2n) is 7.25. The number of carbonyl (C=O) groups excluding carboxylic acids is 1. The maximum absolute atomic E-state index is 12.8. The molecule has 27 heavy (non-hydrogen) atoms. The first kappa shape index (κ1) is 17.7. The van der Waals surface area contributed by atoms with Crippen molar-refractivity contribution in [2.45, 2.75) is 45.6 Å². The van der Waals surface area contributed by atoms with Crippen LogP contribution in [-0.2, 0) is 11.2 Å². The van der Waals surface area contributed by atoms with Gasteiger partial charge in [-0.15, -0.1) is 0 Å². The number of aryl methyl sites for hydroxylation is 3. The van der Waals surface area contributed by atoms with E-state index in [1.54, 1.807) is 4.52 Å². The molecule has 1 aliphatic heterocycles. The van der Waals surface area contributed by atoms with Crippen molar-refractivity contribution in [3.05, 3.63) is 46.9 Å². The number of hydrogen-bond acceptors (Lipinski definition) is 6. The fourth-order valence-electron chi connectivity index (χ4n) is 3.89. The molecule has 4 rings (SSSR count). The minimum absolute atomic E-state index is 0.0549. The highest BCUT2D eigenvalue weighted by atomic mass is 16.3. The second kappa shape index (κ2) is 6.77. The van der Waals surface area contributed by atoms with Gasteiger partial charge >= 0.3 is 0 Å². The van der Waals surface area contributed by atoms with Crippen LogP contribution < -0.4 is 5.73 Å². The Morgan fingerprint density at radius 3 is 2.85 bits per heavy atom. The van der Waals surface area contributed by atoms with E-state index < -0.39 is 0 Å². The molecule has 0 unspecified atom stereocenters. The molecule has 0 aromatic carbocycles. The van der Waals surface area contributed by atoms with E-state index in [1.807, 2.05) is 37.8 Å². The molecule has 0 spiro atoms. The van der Waals surface area contributed by atoms with Gasteiger partial charge in [0, 0.05) is 36.9 Å². The summed E-state index contributed by atoms with van der Waals surface area (Å²) in [5.74, 6) is 2.47. The van der Waals surface area contributed by atoms with Gasteiger partial charge in [-0.05, 0) is 44.9 Å². The standard InChI is InChI=1S/C19H24N6O2/c1-11-4-6-17(27-11)15-8-24(9-16(15)20)18(26)7-5-14-12(2)23-19-21-10-22-25(19)13(14)3/h4,6,10,15-16H,5,7-9,20H2,1-3H3/t15-,16-/m0/s1. The number of hydrogen-bond donors (Lipinski definition) is 1. The van der Waals surface area contributed by atoms with E-state index in [1.165, 1.54) is 6.33 Å². The molecule has 2 atom stereocenters. The van der Waals surface area contributed by atoms with Crippen molar-refractivity contribution in [2.24, 2.45) is 5.73 Å². The van der Waals surface area contributed by atoms with Gasteiger partial charge in [0.15, 0.2) is 0 Å². The van der Waals surface area contributed by atoms with Crippen LogP contribution in [-0.4, -0.2) is 49.5 Å². The number of fused-ring (bicyclic) bond motifs is 1. The molecule has 4 heterocycles. The molecule has 2 N–H and O–H groups in total. The lowest BCUT2D eigenvalue weighted by molar-refractivity contribution is -0.130. The molecule has 3 aromatic heterocycles. The summed E-state index contributed by atoms with van der Waals surface area (Å²) in [5, 5.41) is 4.20. The van der Waals surface area contributed by atoms with Crippen LogP contribution in [0.3, 0.4) is 0 Å². The van der Waals surface area contributed by atoms with Gasteiger partial charge in [-0.3, -0.25) is 4.79 Å². The molecule has 1 amide bonds. The van der Waals surface area contributed by atoms with Crippen LogP contribution in [0.25, 0.3) is 5.78 Å². The fourth-order valence-corrected chi connectivity index (χ4v) is 3.89. The van der Waals surface area contributed by atoms with Crippen LogP contribution in [0.2, 0.25) is 0 Å². The van der Waals surface area contributed by atoms with E-state index >= 15 is 0 Å². The smallest absolute Gasteiger partial charge is 0.252 e. The number of carbonyl (C=O) groups is 1. The molecular formula is C19H24N6O2. The van der Waals surface area contributed by atoms with Crippen molar-refractivity contribution in [3.63, 3.8) is 0 Å². The lowest BCUT2D eigenvalue weighted by Gasteiger charge is -2.17. The summed E-state index contributed by atoms with van der Waals surface area (Å²) in [5.41, 5.74) is 9.18. The third-order valence-electron chi connectivity index (χ3n) is 5.42. The number of rotatable bonds is 4. The van der Waals surface area contributed by atoms with Gasteiger partial charge in [-0.2, -0.15) is 10.1 Å². The lowest BCUT2D eigenvalue weighted by atomic mass is 10.0. The molecule has 0 radical (unpaired) electrons. The zero-order chi connectivity index (χ0) is 19.1. The van der Waals surface area contributed by atoms with Crippen molar-refractivity contribution in [2.75, 3.05) is 13.1 Å². The van der Waals surface area contributed by atoms with Crippen LogP contribution in [0.15, 0.2) is 22.9 Å². The van der Waals surface area contributed by atoms with E-state index in [2.05, 4.69) is 15.1 Å². The van der Waals surface area contributed by atoms with Crippen molar-refractivity contribution in [1.29, 1.82) is 0 Å². The molecule has 1 aliphatic rings. The highest BCUT2D eigenvalue weighted by Crippen LogP contribution is 2.28. The van der Waals surface area contributed by atoms with Crippen molar-refractivity contribution in [3.8, 4) is 0 Å². The first-order valence-corrected chi connectivity index (χ1v) is 9.19. The minimum atomic E-state index is -0.101.